The zero-order chi connectivity index (χ0) is 9.68. The van der Waals surface area contributed by atoms with E-state index in [4.69, 9.17) is 5.73 Å². The van der Waals surface area contributed by atoms with Crippen LogP contribution >= 0.6 is 0 Å². The van der Waals surface area contributed by atoms with Gasteiger partial charge in [0.2, 0.25) is 0 Å². The Balaban J connectivity index is 2.59. The van der Waals surface area contributed by atoms with Crippen LogP contribution in [-0.2, 0) is 13.0 Å². The van der Waals surface area contributed by atoms with E-state index < -0.39 is 0 Å². The van der Waals surface area contributed by atoms with E-state index in [0.29, 0.717) is 0 Å². The molecule has 0 aliphatic rings. The molecule has 74 valence electrons. The molecule has 0 amide bonds. The Hall–Kier alpha value is -0.830. The van der Waals surface area contributed by atoms with E-state index in [9.17, 15) is 0 Å². The SMILES string of the molecule is CCCc1cncn1CC(N)CC. The molecule has 13 heavy (non-hydrogen) atoms. The van der Waals surface area contributed by atoms with Crippen LogP contribution in [0.1, 0.15) is 32.4 Å². The summed E-state index contributed by atoms with van der Waals surface area (Å²) in [5.74, 6) is 0. The molecule has 1 rings (SSSR count). The van der Waals surface area contributed by atoms with Crippen molar-refractivity contribution in [1.82, 2.24) is 9.55 Å². The van der Waals surface area contributed by atoms with Crippen molar-refractivity contribution < 1.29 is 0 Å². The number of aryl methyl sites for hydroxylation is 1. The van der Waals surface area contributed by atoms with Crippen LogP contribution < -0.4 is 5.73 Å². The summed E-state index contributed by atoms with van der Waals surface area (Å²) in [7, 11) is 0. The third kappa shape index (κ3) is 2.84. The number of rotatable bonds is 5. The van der Waals surface area contributed by atoms with Gasteiger partial charge in [0.05, 0.1) is 6.33 Å². The molecule has 3 heteroatoms. The summed E-state index contributed by atoms with van der Waals surface area (Å²) in [4.78, 5) is 4.14. The molecular formula is C10H19N3. The monoisotopic (exact) mass is 181 g/mol. The Kier molecular flexibility index (Phi) is 3.96. The van der Waals surface area contributed by atoms with Crippen molar-refractivity contribution in [2.45, 2.75) is 45.7 Å². The van der Waals surface area contributed by atoms with E-state index in [1.54, 1.807) is 0 Å². The second kappa shape index (κ2) is 5.02. The molecule has 0 aromatic carbocycles. The predicted octanol–water partition coefficient (Wildman–Crippen LogP) is 1.57. The van der Waals surface area contributed by atoms with Gasteiger partial charge in [0, 0.05) is 24.5 Å². The van der Waals surface area contributed by atoms with Gasteiger partial charge in [-0.05, 0) is 12.8 Å². The predicted molar refractivity (Wildman–Crippen MR) is 54.5 cm³/mol. The van der Waals surface area contributed by atoms with Crippen LogP contribution in [0.5, 0.6) is 0 Å². The van der Waals surface area contributed by atoms with Crippen molar-refractivity contribution in [2.75, 3.05) is 0 Å². The van der Waals surface area contributed by atoms with Gasteiger partial charge in [-0.15, -0.1) is 0 Å². The highest BCUT2D eigenvalue weighted by Gasteiger charge is 2.04. The van der Waals surface area contributed by atoms with Gasteiger partial charge in [-0.2, -0.15) is 0 Å². The Morgan fingerprint density at radius 1 is 1.54 bits per heavy atom. The van der Waals surface area contributed by atoms with Crippen molar-refractivity contribution in [2.24, 2.45) is 5.73 Å². The molecule has 0 fully saturated rings. The number of hydrogen-bond acceptors (Lipinski definition) is 2. The molecule has 1 atom stereocenters. The summed E-state index contributed by atoms with van der Waals surface area (Å²) in [5.41, 5.74) is 7.18. The van der Waals surface area contributed by atoms with Crippen molar-refractivity contribution in [1.29, 1.82) is 0 Å². The maximum absolute atomic E-state index is 5.88. The largest absolute Gasteiger partial charge is 0.333 e. The summed E-state index contributed by atoms with van der Waals surface area (Å²) >= 11 is 0. The summed E-state index contributed by atoms with van der Waals surface area (Å²) in [6.45, 7) is 5.18. The minimum absolute atomic E-state index is 0.254. The van der Waals surface area contributed by atoms with Crippen LogP contribution in [0.4, 0.5) is 0 Å². The molecule has 1 heterocycles. The van der Waals surface area contributed by atoms with Crippen LogP contribution in [0.2, 0.25) is 0 Å². The summed E-state index contributed by atoms with van der Waals surface area (Å²) in [6.07, 6.45) is 7.08. The van der Waals surface area contributed by atoms with Gasteiger partial charge in [0.15, 0.2) is 0 Å². The van der Waals surface area contributed by atoms with E-state index in [1.807, 2.05) is 12.5 Å². The third-order valence-corrected chi connectivity index (χ3v) is 2.26. The second-order valence-electron chi connectivity index (χ2n) is 3.46. The molecule has 1 unspecified atom stereocenters. The first-order chi connectivity index (χ1) is 6.27. The minimum Gasteiger partial charge on any atom is -0.333 e. The maximum atomic E-state index is 5.88. The van der Waals surface area contributed by atoms with Gasteiger partial charge < -0.3 is 10.3 Å². The molecule has 0 bridgehead atoms. The molecule has 0 radical (unpaired) electrons. The Labute approximate surface area is 80.0 Å². The molecule has 2 N–H and O–H groups in total. The molecule has 3 nitrogen and oxygen atoms in total. The average molecular weight is 181 g/mol. The first-order valence-electron chi connectivity index (χ1n) is 5.02. The Bertz CT molecular complexity index is 242. The quantitative estimate of drug-likeness (QED) is 0.749. The Morgan fingerprint density at radius 2 is 2.31 bits per heavy atom. The normalized spacial score (nSPS) is 13.2. The number of aromatic nitrogens is 2. The van der Waals surface area contributed by atoms with Gasteiger partial charge in [-0.3, -0.25) is 0 Å². The summed E-state index contributed by atoms with van der Waals surface area (Å²) in [6, 6.07) is 0.254. The highest BCUT2D eigenvalue weighted by Crippen LogP contribution is 2.04. The zero-order valence-corrected chi connectivity index (χ0v) is 8.53. The zero-order valence-electron chi connectivity index (χ0n) is 8.53. The van der Waals surface area contributed by atoms with Crippen LogP contribution in [0.3, 0.4) is 0 Å². The fourth-order valence-corrected chi connectivity index (χ4v) is 1.36. The minimum atomic E-state index is 0.254. The number of hydrogen-bond donors (Lipinski definition) is 1. The third-order valence-electron chi connectivity index (χ3n) is 2.26. The van der Waals surface area contributed by atoms with Crippen LogP contribution in [-0.4, -0.2) is 15.6 Å². The van der Waals surface area contributed by atoms with Gasteiger partial charge in [-0.1, -0.05) is 20.3 Å². The molecule has 0 spiro atoms. The van der Waals surface area contributed by atoms with E-state index >= 15 is 0 Å². The molecule has 0 saturated heterocycles. The summed E-state index contributed by atoms with van der Waals surface area (Å²) < 4.78 is 2.16. The average Bonchev–Trinajstić information content (AvgIpc) is 2.54. The lowest BCUT2D eigenvalue weighted by molar-refractivity contribution is 0.524. The van der Waals surface area contributed by atoms with Crippen molar-refractivity contribution in [3.63, 3.8) is 0 Å². The molecule has 0 saturated carbocycles. The lowest BCUT2D eigenvalue weighted by Crippen LogP contribution is -2.25. The van der Waals surface area contributed by atoms with Crippen LogP contribution in [0, 0.1) is 0 Å². The highest BCUT2D eigenvalue weighted by atomic mass is 15.1. The van der Waals surface area contributed by atoms with E-state index in [0.717, 1.165) is 25.8 Å². The van der Waals surface area contributed by atoms with Crippen LogP contribution in [0.25, 0.3) is 0 Å². The number of nitrogens with zero attached hydrogens (tertiary/aromatic N) is 2. The smallest absolute Gasteiger partial charge is 0.0948 e. The molecule has 0 aliphatic heterocycles. The van der Waals surface area contributed by atoms with Gasteiger partial charge in [0.1, 0.15) is 0 Å². The fraction of sp³-hybridized carbons (Fsp3) is 0.700. The standard InChI is InChI=1S/C10H19N3/c1-3-5-10-6-12-8-13(10)7-9(11)4-2/h6,8-9H,3-5,7,11H2,1-2H3. The second-order valence-corrected chi connectivity index (χ2v) is 3.46. The lowest BCUT2D eigenvalue weighted by atomic mass is 10.2. The highest BCUT2D eigenvalue weighted by molar-refractivity contribution is 4.98. The summed E-state index contributed by atoms with van der Waals surface area (Å²) in [5, 5.41) is 0. The first kappa shape index (κ1) is 10.3. The van der Waals surface area contributed by atoms with E-state index in [1.165, 1.54) is 5.69 Å². The number of nitrogens with two attached hydrogens (primary N) is 1. The molecule has 0 aliphatic carbocycles. The maximum Gasteiger partial charge on any atom is 0.0948 e. The van der Waals surface area contributed by atoms with Crippen molar-refractivity contribution in [3.8, 4) is 0 Å². The van der Waals surface area contributed by atoms with E-state index in [2.05, 4.69) is 23.4 Å². The molecule has 1 aromatic heterocycles. The first-order valence-corrected chi connectivity index (χ1v) is 5.02. The fourth-order valence-electron chi connectivity index (χ4n) is 1.36. The van der Waals surface area contributed by atoms with Crippen molar-refractivity contribution in [3.05, 3.63) is 18.2 Å². The van der Waals surface area contributed by atoms with Gasteiger partial charge >= 0.3 is 0 Å². The lowest BCUT2D eigenvalue weighted by Gasteiger charge is -2.12. The topological polar surface area (TPSA) is 43.8 Å². The molecule has 1 aromatic rings. The van der Waals surface area contributed by atoms with Crippen LogP contribution in [0.15, 0.2) is 12.5 Å². The molecular weight excluding hydrogens is 162 g/mol. The number of imidazole rings is 1. The van der Waals surface area contributed by atoms with E-state index in [-0.39, 0.29) is 6.04 Å². The van der Waals surface area contributed by atoms with Gasteiger partial charge in [-0.25, -0.2) is 4.98 Å². The van der Waals surface area contributed by atoms with Crippen molar-refractivity contribution >= 4 is 0 Å². The van der Waals surface area contributed by atoms with Gasteiger partial charge in [0.25, 0.3) is 0 Å². The Morgan fingerprint density at radius 3 is 2.92 bits per heavy atom.